The first kappa shape index (κ1) is 12.5. The number of hydrogen-bond acceptors (Lipinski definition) is 3. The Morgan fingerprint density at radius 2 is 2.12 bits per heavy atom. The number of hydrogen-bond donors (Lipinski definition) is 0. The van der Waals surface area contributed by atoms with Crippen molar-refractivity contribution in [3.05, 3.63) is 34.6 Å². The first-order chi connectivity index (χ1) is 8.15. The quantitative estimate of drug-likeness (QED) is 0.832. The second-order valence-electron chi connectivity index (χ2n) is 3.83. The van der Waals surface area contributed by atoms with Crippen molar-refractivity contribution in [1.82, 2.24) is 0 Å². The van der Waals surface area contributed by atoms with Crippen molar-refractivity contribution in [2.75, 3.05) is 13.2 Å². The minimum absolute atomic E-state index is 0.0367. The van der Waals surface area contributed by atoms with Crippen LogP contribution in [0.4, 0.5) is 4.39 Å². The van der Waals surface area contributed by atoms with E-state index in [2.05, 4.69) is 0 Å². The van der Waals surface area contributed by atoms with Gasteiger partial charge in [-0.1, -0.05) is 17.7 Å². The fourth-order valence-electron chi connectivity index (χ4n) is 1.66. The molecule has 1 fully saturated rings. The molecule has 1 aromatic rings. The van der Waals surface area contributed by atoms with Crippen LogP contribution in [0, 0.1) is 5.82 Å². The van der Waals surface area contributed by atoms with Crippen LogP contribution >= 0.6 is 11.6 Å². The number of carbonyl (C=O) groups is 1. The number of carbonyl (C=O) groups excluding carboxylic acids is 1. The van der Waals surface area contributed by atoms with Crippen LogP contribution in [0.3, 0.4) is 0 Å². The largest absolute Gasteiger partial charge is 0.350 e. The zero-order chi connectivity index (χ0) is 12.3. The highest BCUT2D eigenvalue weighted by Gasteiger charge is 2.20. The molecule has 1 aliphatic rings. The highest BCUT2D eigenvalue weighted by Crippen LogP contribution is 2.19. The highest BCUT2D eigenvalue weighted by atomic mass is 35.5. The average molecular weight is 259 g/mol. The van der Waals surface area contributed by atoms with Gasteiger partial charge < -0.3 is 9.47 Å². The SMILES string of the molecule is O=C(Cc1ccc(F)cc1Cl)CC1OCCO1. The van der Waals surface area contributed by atoms with Crippen molar-refractivity contribution >= 4 is 17.4 Å². The number of halogens is 2. The molecule has 0 N–H and O–H groups in total. The topological polar surface area (TPSA) is 35.5 Å². The molecular formula is C12H12ClFO3. The maximum atomic E-state index is 12.8. The molecule has 1 aromatic carbocycles. The molecule has 0 amide bonds. The van der Waals surface area contributed by atoms with E-state index in [1.54, 1.807) is 0 Å². The van der Waals surface area contributed by atoms with E-state index < -0.39 is 12.1 Å². The second kappa shape index (κ2) is 5.58. The number of benzene rings is 1. The van der Waals surface area contributed by atoms with Crippen molar-refractivity contribution < 1.29 is 18.7 Å². The molecule has 0 saturated carbocycles. The van der Waals surface area contributed by atoms with Gasteiger partial charge in [-0.05, 0) is 17.7 Å². The Hall–Kier alpha value is -0.970. The van der Waals surface area contributed by atoms with Gasteiger partial charge in [-0.3, -0.25) is 4.79 Å². The summed E-state index contributed by atoms with van der Waals surface area (Å²) in [5.74, 6) is -0.445. The molecule has 0 bridgehead atoms. The van der Waals surface area contributed by atoms with E-state index in [1.165, 1.54) is 18.2 Å². The van der Waals surface area contributed by atoms with Crippen LogP contribution in [0.25, 0.3) is 0 Å². The van der Waals surface area contributed by atoms with E-state index in [9.17, 15) is 9.18 Å². The third-order valence-electron chi connectivity index (χ3n) is 2.49. The van der Waals surface area contributed by atoms with Crippen LogP contribution in [-0.4, -0.2) is 25.3 Å². The maximum Gasteiger partial charge on any atom is 0.164 e. The summed E-state index contributed by atoms with van der Waals surface area (Å²) in [7, 11) is 0. The predicted molar refractivity (Wildman–Crippen MR) is 60.4 cm³/mol. The third kappa shape index (κ3) is 3.49. The van der Waals surface area contributed by atoms with Crippen LogP contribution in [-0.2, 0) is 20.7 Å². The molecule has 0 aromatic heterocycles. The van der Waals surface area contributed by atoms with Gasteiger partial charge >= 0.3 is 0 Å². The van der Waals surface area contributed by atoms with Gasteiger partial charge in [-0.2, -0.15) is 0 Å². The van der Waals surface area contributed by atoms with Crippen LogP contribution in [0.1, 0.15) is 12.0 Å². The lowest BCUT2D eigenvalue weighted by Gasteiger charge is -2.08. The van der Waals surface area contributed by atoms with Gasteiger partial charge in [0.1, 0.15) is 11.6 Å². The Morgan fingerprint density at radius 3 is 2.76 bits per heavy atom. The molecule has 3 nitrogen and oxygen atoms in total. The van der Waals surface area contributed by atoms with Crippen molar-refractivity contribution in [3.63, 3.8) is 0 Å². The minimum atomic E-state index is -0.443. The fraction of sp³-hybridized carbons (Fsp3) is 0.417. The van der Waals surface area contributed by atoms with Crippen LogP contribution in [0.15, 0.2) is 18.2 Å². The van der Waals surface area contributed by atoms with E-state index >= 15 is 0 Å². The molecule has 1 aliphatic heterocycles. The summed E-state index contributed by atoms with van der Waals surface area (Å²) in [4.78, 5) is 11.7. The van der Waals surface area contributed by atoms with Gasteiger partial charge in [0.05, 0.1) is 19.6 Å². The Morgan fingerprint density at radius 1 is 1.41 bits per heavy atom. The molecule has 0 spiro atoms. The molecule has 0 radical (unpaired) electrons. The lowest BCUT2D eigenvalue weighted by molar-refractivity contribution is -0.126. The summed E-state index contributed by atoms with van der Waals surface area (Å²) < 4.78 is 23.2. The molecule has 1 saturated heterocycles. The minimum Gasteiger partial charge on any atom is -0.350 e. The van der Waals surface area contributed by atoms with Crippen molar-refractivity contribution in [1.29, 1.82) is 0 Å². The van der Waals surface area contributed by atoms with E-state index in [4.69, 9.17) is 21.1 Å². The Bertz CT molecular complexity index is 416. The van der Waals surface area contributed by atoms with E-state index in [1.807, 2.05) is 0 Å². The lowest BCUT2D eigenvalue weighted by Crippen LogP contribution is -2.16. The molecule has 0 unspecified atom stereocenters. The summed E-state index contributed by atoms with van der Waals surface area (Å²) in [5.41, 5.74) is 0.621. The third-order valence-corrected chi connectivity index (χ3v) is 2.84. The summed E-state index contributed by atoms with van der Waals surface area (Å²) in [6.45, 7) is 1.05. The molecule has 92 valence electrons. The fourth-order valence-corrected chi connectivity index (χ4v) is 1.89. The molecule has 0 aliphatic carbocycles. The molecule has 17 heavy (non-hydrogen) atoms. The molecule has 5 heteroatoms. The zero-order valence-corrected chi connectivity index (χ0v) is 9.87. The second-order valence-corrected chi connectivity index (χ2v) is 4.23. The first-order valence-corrected chi connectivity index (χ1v) is 5.72. The van der Waals surface area contributed by atoms with Crippen molar-refractivity contribution in [2.24, 2.45) is 0 Å². The number of rotatable bonds is 4. The summed E-state index contributed by atoms with van der Waals surface area (Å²) in [6, 6.07) is 4.01. The summed E-state index contributed by atoms with van der Waals surface area (Å²) in [5, 5.41) is 0.270. The average Bonchev–Trinajstić information content (AvgIpc) is 2.75. The highest BCUT2D eigenvalue weighted by molar-refractivity contribution is 6.31. The van der Waals surface area contributed by atoms with Gasteiger partial charge in [0.2, 0.25) is 0 Å². The number of Topliss-reactive ketones (excluding diaryl/α,β-unsaturated/α-hetero) is 1. The van der Waals surface area contributed by atoms with E-state index in [-0.39, 0.29) is 23.6 Å². The molecule has 2 rings (SSSR count). The zero-order valence-electron chi connectivity index (χ0n) is 9.12. The lowest BCUT2D eigenvalue weighted by atomic mass is 10.1. The summed E-state index contributed by atoms with van der Waals surface area (Å²) in [6.07, 6.45) is -0.0718. The molecule has 1 heterocycles. The van der Waals surface area contributed by atoms with Crippen LogP contribution < -0.4 is 0 Å². The van der Waals surface area contributed by atoms with Gasteiger partial charge in [0.25, 0.3) is 0 Å². The summed E-state index contributed by atoms with van der Waals surface area (Å²) >= 11 is 5.84. The Balaban J connectivity index is 1.93. The first-order valence-electron chi connectivity index (χ1n) is 5.34. The van der Waals surface area contributed by atoms with Gasteiger partial charge in [-0.25, -0.2) is 4.39 Å². The van der Waals surface area contributed by atoms with E-state index in [0.29, 0.717) is 18.8 Å². The molecular weight excluding hydrogens is 247 g/mol. The number of ether oxygens (including phenoxy) is 2. The maximum absolute atomic E-state index is 12.8. The molecule has 0 atom stereocenters. The Labute approximate surface area is 103 Å². The van der Waals surface area contributed by atoms with Gasteiger partial charge in [0, 0.05) is 11.4 Å². The van der Waals surface area contributed by atoms with Crippen molar-refractivity contribution in [3.8, 4) is 0 Å². The standard InChI is InChI=1S/C12H12ClFO3/c13-11-6-9(14)2-1-8(11)5-10(15)7-12-16-3-4-17-12/h1-2,6,12H,3-5,7H2. The van der Waals surface area contributed by atoms with Crippen LogP contribution in [0.2, 0.25) is 5.02 Å². The smallest absolute Gasteiger partial charge is 0.164 e. The Kier molecular flexibility index (Phi) is 4.10. The van der Waals surface area contributed by atoms with Gasteiger partial charge in [0.15, 0.2) is 6.29 Å². The normalized spacial score (nSPS) is 16.4. The number of ketones is 1. The van der Waals surface area contributed by atoms with E-state index in [0.717, 1.165) is 0 Å². The monoisotopic (exact) mass is 258 g/mol. The van der Waals surface area contributed by atoms with Gasteiger partial charge in [-0.15, -0.1) is 0 Å². The van der Waals surface area contributed by atoms with Crippen LogP contribution in [0.5, 0.6) is 0 Å². The van der Waals surface area contributed by atoms with Crippen molar-refractivity contribution in [2.45, 2.75) is 19.1 Å². The predicted octanol–water partition coefficient (Wildman–Crippen LogP) is 2.35.